The first kappa shape index (κ1) is 19.5. The van der Waals surface area contributed by atoms with Crippen LogP contribution in [0.3, 0.4) is 0 Å². The van der Waals surface area contributed by atoms with Crippen LogP contribution < -0.4 is 0 Å². The number of aryl methyl sites for hydroxylation is 2. The molecule has 27 heavy (non-hydrogen) atoms. The van der Waals surface area contributed by atoms with Gasteiger partial charge in [-0.1, -0.05) is 18.2 Å². The number of carbonyl (C=O) groups excluding carboxylic acids is 1. The van der Waals surface area contributed by atoms with E-state index in [2.05, 4.69) is 9.55 Å². The van der Waals surface area contributed by atoms with Crippen LogP contribution in [0.4, 0.5) is 4.39 Å². The summed E-state index contributed by atoms with van der Waals surface area (Å²) in [4.78, 5) is 21.1. The van der Waals surface area contributed by atoms with Crippen molar-refractivity contribution >= 4 is 5.91 Å². The summed E-state index contributed by atoms with van der Waals surface area (Å²) in [6, 6.07) is 7.02. The van der Waals surface area contributed by atoms with Crippen LogP contribution in [0, 0.1) is 12.7 Å². The number of benzene rings is 1. The van der Waals surface area contributed by atoms with Gasteiger partial charge in [0.05, 0.1) is 6.54 Å². The summed E-state index contributed by atoms with van der Waals surface area (Å²) in [5.41, 5.74) is 0.624. The Morgan fingerprint density at radius 3 is 2.89 bits per heavy atom. The molecule has 1 aliphatic rings. The summed E-state index contributed by atoms with van der Waals surface area (Å²) in [5.74, 6) is 0.928. The molecule has 1 fully saturated rings. The topological polar surface area (TPSA) is 41.4 Å². The number of carbonyl (C=O) groups is 1. The lowest BCUT2D eigenvalue weighted by atomic mass is 9.99. The average molecular weight is 372 g/mol. The van der Waals surface area contributed by atoms with Gasteiger partial charge in [-0.05, 0) is 45.7 Å². The Bertz CT molecular complexity index is 760. The number of piperidine rings is 1. The van der Waals surface area contributed by atoms with E-state index in [9.17, 15) is 9.18 Å². The van der Waals surface area contributed by atoms with Crippen molar-refractivity contribution in [2.45, 2.75) is 51.7 Å². The molecular weight excluding hydrogens is 343 g/mol. The minimum atomic E-state index is -0.219. The van der Waals surface area contributed by atoms with Crippen LogP contribution in [-0.4, -0.2) is 51.4 Å². The van der Waals surface area contributed by atoms with Crippen LogP contribution in [0.2, 0.25) is 0 Å². The minimum absolute atomic E-state index is 0.140. The second kappa shape index (κ2) is 9.13. The fourth-order valence-corrected chi connectivity index (χ4v) is 3.85. The first-order chi connectivity index (χ1) is 13.0. The molecular formula is C21H29FN4O. The number of halogens is 1. The Morgan fingerprint density at radius 2 is 2.15 bits per heavy atom. The number of rotatable bonds is 7. The molecule has 6 heteroatoms. The number of likely N-dealkylation sites (tertiary alicyclic amines) is 1. The molecule has 3 rings (SSSR count). The van der Waals surface area contributed by atoms with Gasteiger partial charge in [-0.3, -0.25) is 9.69 Å². The predicted molar refractivity (Wildman–Crippen MR) is 104 cm³/mol. The third-order valence-electron chi connectivity index (χ3n) is 5.38. The SMILES string of the molecule is Cc1nccn1CCC1CCCCN1C(=O)CN(C)Cc1ccccc1F. The molecule has 0 bridgehead atoms. The molecule has 1 atom stereocenters. The van der Waals surface area contributed by atoms with E-state index in [1.807, 2.05) is 42.2 Å². The Labute approximate surface area is 160 Å². The highest BCUT2D eigenvalue weighted by Gasteiger charge is 2.27. The number of hydrogen-bond acceptors (Lipinski definition) is 3. The lowest BCUT2D eigenvalue weighted by Crippen LogP contribution is -2.47. The molecule has 146 valence electrons. The lowest BCUT2D eigenvalue weighted by Gasteiger charge is -2.37. The van der Waals surface area contributed by atoms with Crippen LogP contribution in [-0.2, 0) is 17.9 Å². The number of imidazole rings is 1. The Hall–Kier alpha value is -2.21. The van der Waals surface area contributed by atoms with E-state index in [4.69, 9.17) is 0 Å². The fourth-order valence-electron chi connectivity index (χ4n) is 3.85. The van der Waals surface area contributed by atoms with Gasteiger partial charge in [0.25, 0.3) is 0 Å². The molecule has 0 spiro atoms. The highest BCUT2D eigenvalue weighted by atomic mass is 19.1. The Balaban J connectivity index is 1.56. The summed E-state index contributed by atoms with van der Waals surface area (Å²) in [7, 11) is 1.87. The van der Waals surface area contributed by atoms with Gasteiger partial charge < -0.3 is 9.47 Å². The van der Waals surface area contributed by atoms with Crippen molar-refractivity contribution in [3.63, 3.8) is 0 Å². The summed E-state index contributed by atoms with van der Waals surface area (Å²) in [5, 5.41) is 0. The fraction of sp³-hybridized carbons (Fsp3) is 0.524. The zero-order chi connectivity index (χ0) is 19.2. The van der Waals surface area contributed by atoms with Crippen molar-refractivity contribution in [3.8, 4) is 0 Å². The first-order valence-electron chi connectivity index (χ1n) is 9.73. The summed E-state index contributed by atoms with van der Waals surface area (Å²) in [6.07, 6.45) is 8.03. The molecule has 2 heterocycles. The lowest BCUT2D eigenvalue weighted by molar-refractivity contribution is -0.136. The van der Waals surface area contributed by atoms with Crippen LogP contribution in [0.15, 0.2) is 36.7 Å². The van der Waals surface area contributed by atoms with Gasteiger partial charge in [0, 0.05) is 43.6 Å². The minimum Gasteiger partial charge on any atom is -0.339 e. The van der Waals surface area contributed by atoms with Crippen molar-refractivity contribution in [2.75, 3.05) is 20.1 Å². The maximum atomic E-state index is 13.8. The van der Waals surface area contributed by atoms with Gasteiger partial charge in [0.2, 0.25) is 5.91 Å². The number of amides is 1. The molecule has 5 nitrogen and oxygen atoms in total. The number of hydrogen-bond donors (Lipinski definition) is 0. The van der Waals surface area contributed by atoms with Gasteiger partial charge in [-0.15, -0.1) is 0 Å². The predicted octanol–water partition coefficient (Wildman–Crippen LogP) is 3.23. The maximum absolute atomic E-state index is 13.8. The molecule has 1 unspecified atom stereocenters. The standard InChI is InChI=1S/C21H29FN4O/c1-17-23-11-14-25(17)13-10-19-8-5-6-12-26(19)21(27)16-24(2)15-18-7-3-4-9-20(18)22/h3-4,7,9,11,14,19H,5-6,8,10,12-13,15-16H2,1-2H3. The van der Waals surface area contributed by atoms with E-state index in [1.54, 1.807) is 12.1 Å². The summed E-state index contributed by atoms with van der Waals surface area (Å²) < 4.78 is 16.0. The second-order valence-corrected chi connectivity index (χ2v) is 7.46. The van der Waals surface area contributed by atoms with E-state index in [0.717, 1.165) is 38.2 Å². The van der Waals surface area contributed by atoms with Gasteiger partial charge in [-0.25, -0.2) is 9.37 Å². The average Bonchev–Trinajstić information content (AvgIpc) is 3.07. The molecule has 0 aliphatic carbocycles. The van der Waals surface area contributed by atoms with Crippen molar-refractivity contribution < 1.29 is 9.18 Å². The summed E-state index contributed by atoms with van der Waals surface area (Å²) >= 11 is 0. The highest BCUT2D eigenvalue weighted by molar-refractivity contribution is 5.78. The van der Waals surface area contributed by atoms with Crippen molar-refractivity contribution in [1.82, 2.24) is 19.4 Å². The van der Waals surface area contributed by atoms with E-state index < -0.39 is 0 Å². The highest BCUT2D eigenvalue weighted by Crippen LogP contribution is 2.21. The van der Waals surface area contributed by atoms with Crippen molar-refractivity contribution in [1.29, 1.82) is 0 Å². The summed E-state index contributed by atoms with van der Waals surface area (Å²) in [6.45, 7) is 4.45. The van der Waals surface area contributed by atoms with Gasteiger partial charge in [-0.2, -0.15) is 0 Å². The molecule has 0 N–H and O–H groups in total. The molecule has 1 aromatic carbocycles. The molecule has 1 amide bonds. The zero-order valence-corrected chi connectivity index (χ0v) is 16.3. The van der Waals surface area contributed by atoms with Gasteiger partial charge >= 0.3 is 0 Å². The monoisotopic (exact) mass is 372 g/mol. The molecule has 2 aromatic rings. The zero-order valence-electron chi connectivity index (χ0n) is 16.3. The second-order valence-electron chi connectivity index (χ2n) is 7.46. The van der Waals surface area contributed by atoms with Gasteiger partial charge in [0.15, 0.2) is 0 Å². The van der Waals surface area contributed by atoms with Crippen molar-refractivity contribution in [2.24, 2.45) is 0 Å². The largest absolute Gasteiger partial charge is 0.339 e. The molecule has 1 saturated heterocycles. The molecule has 0 saturated carbocycles. The quantitative estimate of drug-likeness (QED) is 0.749. The molecule has 1 aromatic heterocycles. The third kappa shape index (κ3) is 5.16. The number of nitrogens with zero attached hydrogens (tertiary/aromatic N) is 4. The molecule has 1 aliphatic heterocycles. The van der Waals surface area contributed by atoms with Gasteiger partial charge in [0.1, 0.15) is 11.6 Å². The normalized spacial score (nSPS) is 17.5. The van der Waals surface area contributed by atoms with E-state index in [-0.39, 0.29) is 17.8 Å². The molecule has 0 radical (unpaired) electrons. The number of likely N-dealkylation sites (N-methyl/N-ethyl adjacent to an activating group) is 1. The Morgan fingerprint density at radius 1 is 1.33 bits per heavy atom. The van der Waals surface area contributed by atoms with Crippen LogP contribution in [0.25, 0.3) is 0 Å². The smallest absolute Gasteiger partial charge is 0.236 e. The first-order valence-corrected chi connectivity index (χ1v) is 9.73. The van der Waals surface area contributed by atoms with Crippen LogP contribution in [0.1, 0.15) is 37.1 Å². The van der Waals surface area contributed by atoms with Crippen molar-refractivity contribution in [3.05, 3.63) is 53.9 Å². The van der Waals surface area contributed by atoms with Crippen LogP contribution in [0.5, 0.6) is 0 Å². The van der Waals surface area contributed by atoms with E-state index in [1.165, 1.54) is 12.5 Å². The van der Waals surface area contributed by atoms with Crippen LogP contribution >= 0.6 is 0 Å². The maximum Gasteiger partial charge on any atom is 0.236 e. The Kier molecular flexibility index (Phi) is 6.61. The third-order valence-corrected chi connectivity index (χ3v) is 5.38. The van der Waals surface area contributed by atoms with E-state index in [0.29, 0.717) is 18.7 Å². The van der Waals surface area contributed by atoms with E-state index >= 15 is 0 Å². The number of aromatic nitrogens is 2.